The van der Waals surface area contributed by atoms with Gasteiger partial charge in [-0.05, 0) is 60.4 Å². The highest BCUT2D eigenvalue weighted by atomic mass is 35.5. The molecule has 7 nitrogen and oxygen atoms in total. The second-order valence-corrected chi connectivity index (χ2v) is 12.3. The number of rotatable bonds is 15. The first-order valence-electron chi connectivity index (χ1n) is 13.7. The van der Waals surface area contributed by atoms with E-state index in [2.05, 4.69) is 5.32 Å². The van der Waals surface area contributed by atoms with Crippen molar-refractivity contribution in [1.82, 2.24) is 10.2 Å². The Balaban J connectivity index is 1.86. The van der Waals surface area contributed by atoms with E-state index in [1.807, 2.05) is 43.3 Å². The van der Waals surface area contributed by atoms with Crippen LogP contribution in [0.3, 0.4) is 0 Å². The van der Waals surface area contributed by atoms with Gasteiger partial charge in [-0.25, -0.2) is 12.8 Å². The van der Waals surface area contributed by atoms with Gasteiger partial charge in [-0.1, -0.05) is 67.4 Å². The van der Waals surface area contributed by atoms with Gasteiger partial charge in [0.2, 0.25) is 21.8 Å². The molecule has 0 aliphatic carbocycles. The van der Waals surface area contributed by atoms with Crippen LogP contribution < -0.4 is 9.62 Å². The summed E-state index contributed by atoms with van der Waals surface area (Å²) in [4.78, 5) is 28.9. The van der Waals surface area contributed by atoms with Gasteiger partial charge in [0.1, 0.15) is 11.9 Å². The van der Waals surface area contributed by atoms with Gasteiger partial charge < -0.3 is 10.2 Å². The lowest BCUT2D eigenvalue weighted by Crippen LogP contribution is -2.50. The molecule has 2 amide bonds. The first kappa shape index (κ1) is 32.1. The summed E-state index contributed by atoms with van der Waals surface area (Å²) in [6, 6.07) is 21.0. The van der Waals surface area contributed by atoms with E-state index in [1.54, 1.807) is 23.1 Å². The predicted molar refractivity (Wildman–Crippen MR) is 162 cm³/mol. The highest BCUT2D eigenvalue weighted by Gasteiger charge is 2.30. The number of halogens is 2. The summed E-state index contributed by atoms with van der Waals surface area (Å²) >= 11 is 6.22. The molecule has 3 aromatic rings. The van der Waals surface area contributed by atoms with Crippen molar-refractivity contribution in [3.63, 3.8) is 0 Å². The molecule has 41 heavy (non-hydrogen) atoms. The third kappa shape index (κ3) is 10.2. The molecular formula is C31H37ClFN3O4S. The van der Waals surface area contributed by atoms with Crippen LogP contribution >= 0.6 is 11.6 Å². The van der Waals surface area contributed by atoms with Gasteiger partial charge in [-0.3, -0.25) is 13.9 Å². The Bertz CT molecular complexity index is 1390. The Hall–Kier alpha value is -3.43. The topological polar surface area (TPSA) is 86.8 Å². The van der Waals surface area contributed by atoms with Gasteiger partial charge in [0.15, 0.2) is 0 Å². The lowest BCUT2D eigenvalue weighted by Gasteiger charge is -2.32. The molecule has 0 saturated heterocycles. The molecule has 0 unspecified atom stereocenters. The number of nitrogens with one attached hydrogen (secondary N) is 1. The van der Waals surface area contributed by atoms with Crippen LogP contribution in [0.4, 0.5) is 10.1 Å². The number of hydrogen-bond acceptors (Lipinski definition) is 4. The summed E-state index contributed by atoms with van der Waals surface area (Å²) in [5.41, 5.74) is 2.00. The van der Waals surface area contributed by atoms with Crippen LogP contribution in [0.1, 0.15) is 43.7 Å². The van der Waals surface area contributed by atoms with Gasteiger partial charge >= 0.3 is 0 Å². The predicted octanol–water partition coefficient (Wildman–Crippen LogP) is 5.58. The number of sulfonamides is 1. The number of benzene rings is 3. The molecule has 3 aromatic carbocycles. The van der Waals surface area contributed by atoms with Gasteiger partial charge in [-0.15, -0.1) is 0 Å². The number of carbonyl (C=O) groups is 2. The largest absolute Gasteiger partial charge is 0.354 e. The van der Waals surface area contributed by atoms with Gasteiger partial charge in [0, 0.05) is 37.5 Å². The molecule has 1 N–H and O–H groups in total. The first-order chi connectivity index (χ1) is 19.6. The molecule has 0 bridgehead atoms. The summed E-state index contributed by atoms with van der Waals surface area (Å²) in [6.45, 7) is 2.72. The maximum absolute atomic E-state index is 13.8. The highest BCUT2D eigenvalue weighted by Crippen LogP contribution is 2.21. The Kier molecular flexibility index (Phi) is 12.2. The lowest BCUT2D eigenvalue weighted by atomic mass is 10.0. The van der Waals surface area contributed by atoms with Crippen molar-refractivity contribution < 1.29 is 22.4 Å². The number of amides is 2. The van der Waals surface area contributed by atoms with Crippen LogP contribution in [-0.2, 0) is 32.6 Å². The molecule has 0 fully saturated rings. The third-order valence-electron chi connectivity index (χ3n) is 6.61. The van der Waals surface area contributed by atoms with E-state index in [0.717, 1.165) is 34.5 Å². The van der Waals surface area contributed by atoms with Gasteiger partial charge in [0.05, 0.1) is 11.9 Å². The SMILES string of the molecule is CCCCNC(=O)[C@@H](Cc1ccccc1)N(Cc1cccc(Cl)c1)C(=O)CCCN(c1ccc(F)cc1)S(C)(=O)=O. The molecule has 0 aliphatic rings. The van der Waals surface area contributed by atoms with Crippen LogP contribution in [0.2, 0.25) is 5.02 Å². The molecule has 0 aromatic heterocycles. The maximum Gasteiger partial charge on any atom is 0.243 e. The van der Waals surface area contributed by atoms with E-state index >= 15 is 0 Å². The van der Waals surface area contributed by atoms with E-state index in [4.69, 9.17) is 11.6 Å². The quantitative estimate of drug-likeness (QED) is 0.230. The summed E-state index contributed by atoms with van der Waals surface area (Å²) in [5.74, 6) is -1.01. The average Bonchev–Trinajstić information content (AvgIpc) is 2.93. The third-order valence-corrected chi connectivity index (χ3v) is 8.04. The maximum atomic E-state index is 13.8. The highest BCUT2D eigenvalue weighted by molar-refractivity contribution is 7.92. The molecule has 0 radical (unpaired) electrons. The van der Waals surface area contributed by atoms with Crippen molar-refractivity contribution in [3.8, 4) is 0 Å². The molecule has 0 heterocycles. The minimum atomic E-state index is -3.68. The monoisotopic (exact) mass is 601 g/mol. The lowest BCUT2D eigenvalue weighted by molar-refractivity contribution is -0.141. The molecule has 3 rings (SSSR count). The Morgan fingerprint density at radius 2 is 1.63 bits per heavy atom. The van der Waals surface area contributed by atoms with E-state index in [0.29, 0.717) is 23.7 Å². The fraction of sp³-hybridized carbons (Fsp3) is 0.355. The number of nitrogens with zero attached hydrogens (tertiary/aromatic N) is 2. The molecule has 0 spiro atoms. The normalized spacial score (nSPS) is 12.0. The molecule has 1 atom stereocenters. The van der Waals surface area contributed by atoms with Crippen molar-refractivity contribution in [1.29, 1.82) is 0 Å². The van der Waals surface area contributed by atoms with Crippen molar-refractivity contribution in [3.05, 3.63) is 101 Å². The fourth-order valence-corrected chi connectivity index (χ4v) is 5.68. The fourth-order valence-electron chi connectivity index (χ4n) is 4.50. The minimum absolute atomic E-state index is 0.00130. The molecule has 10 heteroatoms. The summed E-state index contributed by atoms with van der Waals surface area (Å²) in [6.07, 6.45) is 3.32. The Morgan fingerprint density at radius 3 is 2.27 bits per heavy atom. The average molecular weight is 602 g/mol. The number of hydrogen-bond donors (Lipinski definition) is 1. The standard InChI is InChI=1S/C31H37ClFN3O4S/c1-3-4-19-34-31(38)29(22-24-10-6-5-7-11-24)35(23-25-12-8-13-26(32)21-25)30(37)14-9-20-36(41(2,39)40)28-17-15-27(33)16-18-28/h5-8,10-13,15-18,21,29H,3-4,9,14,19-20,22-23H2,1-2H3,(H,34,38)/t29-/m1/s1. The van der Waals surface area contributed by atoms with E-state index in [1.165, 1.54) is 24.3 Å². The van der Waals surface area contributed by atoms with Crippen molar-refractivity contribution in [2.24, 2.45) is 0 Å². The van der Waals surface area contributed by atoms with Crippen molar-refractivity contribution in [2.45, 2.75) is 51.6 Å². The summed E-state index contributed by atoms with van der Waals surface area (Å²) in [5, 5.41) is 3.50. The van der Waals surface area contributed by atoms with Crippen LogP contribution in [0.5, 0.6) is 0 Å². The van der Waals surface area contributed by atoms with Crippen LogP contribution in [-0.4, -0.2) is 50.5 Å². The second kappa shape index (κ2) is 15.5. The second-order valence-electron chi connectivity index (χ2n) is 9.92. The summed E-state index contributed by atoms with van der Waals surface area (Å²) < 4.78 is 39.6. The number of unbranched alkanes of at least 4 members (excludes halogenated alkanes) is 1. The van der Waals surface area contributed by atoms with E-state index in [-0.39, 0.29) is 37.7 Å². The van der Waals surface area contributed by atoms with E-state index < -0.39 is 21.9 Å². The zero-order valence-corrected chi connectivity index (χ0v) is 25.0. The smallest absolute Gasteiger partial charge is 0.243 e. The molecule has 0 saturated carbocycles. The molecular weight excluding hydrogens is 565 g/mol. The first-order valence-corrected chi connectivity index (χ1v) is 15.9. The van der Waals surface area contributed by atoms with Crippen LogP contribution in [0, 0.1) is 5.82 Å². The molecule has 220 valence electrons. The molecule has 0 aliphatic heterocycles. The Morgan fingerprint density at radius 1 is 0.951 bits per heavy atom. The summed E-state index contributed by atoms with van der Waals surface area (Å²) in [7, 11) is -3.68. The van der Waals surface area contributed by atoms with E-state index in [9.17, 15) is 22.4 Å². The Labute approximate surface area is 247 Å². The van der Waals surface area contributed by atoms with Crippen molar-refractivity contribution >= 4 is 39.1 Å². The van der Waals surface area contributed by atoms with Crippen molar-refractivity contribution in [2.75, 3.05) is 23.7 Å². The van der Waals surface area contributed by atoms with Gasteiger partial charge in [-0.2, -0.15) is 0 Å². The van der Waals surface area contributed by atoms with Crippen LogP contribution in [0.15, 0.2) is 78.9 Å². The van der Waals surface area contributed by atoms with Gasteiger partial charge in [0.25, 0.3) is 0 Å². The zero-order valence-electron chi connectivity index (χ0n) is 23.4. The number of anilines is 1. The number of carbonyl (C=O) groups excluding carboxylic acids is 2. The van der Waals surface area contributed by atoms with Crippen LogP contribution in [0.25, 0.3) is 0 Å². The minimum Gasteiger partial charge on any atom is -0.354 e. The zero-order chi connectivity index (χ0) is 29.8.